The van der Waals surface area contributed by atoms with E-state index in [4.69, 9.17) is 0 Å². The lowest BCUT2D eigenvalue weighted by molar-refractivity contribution is -0.139. The zero-order valence-electron chi connectivity index (χ0n) is 22.3. The van der Waals surface area contributed by atoms with Crippen LogP contribution in [0, 0.1) is 0 Å². The molecule has 0 radical (unpaired) electrons. The number of halogens is 2. The summed E-state index contributed by atoms with van der Waals surface area (Å²) in [4.78, 5) is 29.0. The number of nitrogens with zero attached hydrogens (tertiary/aromatic N) is 2. The average Bonchev–Trinajstić information content (AvgIpc) is 2.98. The Kier molecular flexibility index (Phi) is 10.4. The van der Waals surface area contributed by atoms with Gasteiger partial charge in [0.05, 0.1) is 10.6 Å². The highest BCUT2D eigenvalue weighted by molar-refractivity contribution is 9.10. The Morgan fingerprint density at radius 1 is 0.780 bits per heavy atom. The van der Waals surface area contributed by atoms with Crippen molar-refractivity contribution in [3.63, 3.8) is 0 Å². The molecule has 0 spiro atoms. The molecule has 212 valence electrons. The molecule has 0 saturated heterocycles. The van der Waals surface area contributed by atoms with Crippen LogP contribution in [-0.2, 0) is 32.6 Å². The third-order valence-corrected chi connectivity index (χ3v) is 9.29. The number of carbonyl (C=O) groups excluding carboxylic acids is 2. The second-order valence-electron chi connectivity index (χ2n) is 9.27. The third kappa shape index (κ3) is 7.84. The van der Waals surface area contributed by atoms with Gasteiger partial charge in [-0.05, 0) is 59.7 Å². The Morgan fingerprint density at radius 2 is 1.39 bits per heavy atom. The fourth-order valence-corrected chi connectivity index (χ4v) is 6.55. The summed E-state index contributed by atoms with van der Waals surface area (Å²) < 4.78 is 30.5. The number of sulfonamides is 1. The molecule has 0 fully saturated rings. The summed E-state index contributed by atoms with van der Waals surface area (Å²) in [6, 6.07) is 30.7. The number of nitrogens with one attached hydrogen (secondary N) is 1. The number of amides is 2. The van der Waals surface area contributed by atoms with Crippen molar-refractivity contribution in [3.8, 4) is 0 Å². The van der Waals surface area contributed by atoms with E-state index in [0.29, 0.717) is 5.69 Å². The molecular weight excluding hydrogens is 670 g/mol. The highest BCUT2D eigenvalue weighted by atomic mass is 79.9. The first-order valence-electron chi connectivity index (χ1n) is 12.8. The van der Waals surface area contributed by atoms with E-state index in [9.17, 15) is 18.0 Å². The number of anilines is 1. The van der Waals surface area contributed by atoms with E-state index in [1.807, 2.05) is 54.6 Å². The Labute approximate surface area is 257 Å². The van der Waals surface area contributed by atoms with Crippen LogP contribution in [0.4, 0.5) is 5.69 Å². The molecule has 7 nitrogen and oxygen atoms in total. The first kappa shape index (κ1) is 30.5. The lowest BCUT2D eigenvalue weighted by Crippen LogP contribution is -2.53. The molecular formula is C31H29Br2N3O4S. The maximum atomic E-state index is 14.2. The van der Waals surface area contributed by atoms with Crippen molar-refractivity contribution in [2.75, 3.05) is 17.9 Å². The van der Waals surface area contributed by atoms with Crippen LogP contribution in [0.15, 0.2) is 123 Å². The molecule has 0 aliphatic heterocycles. The number of likely N-dealkylation sites (N-methyl/N-ethyl adjacent to an activating group) is 1. The molecule has 1 atom stereocenters. The molecule has 4 aromatic carbocycles. The van der Waals surface area contributed by atoms with Gasteiger partial charge in [0.1, 0.15) is 12.6 Å². The van der Waals surface area contributed by atoms with Crippen molar-refractivity contribution in [2.45, 2.75) is 23.9 Å². The van der Waals surface area contributed by atoms with Gasteiger partial charge in [-0.25, -0.2) is 8.42 Å². The van der Waals surface area contributed by atoms with Crippen LogP contribution in [-0.4, -0.2) is 44.8 Å². The van der Waals surface area contributed by atoms with Crippen LogP contribution >= 0.6 is 31.9 Å². The molecule has 0 saturated carbocycles. The van der Waals surface area contributed by atoms with Gasteiger partial charge in [0.2, 0.25) is 11.8 Å². The van der Waals surface area contributed by atoms with Crippen molar-refractivity contribution in [1.29, 1.82) is 0 Å². The normalized spacial score (nSPS) is 11.9. The van der Waals surface area contributed by atoms with Gasteiger partial charge in [-0.2, -0.15) is 0 Å². The van der Waals surface area contributed by atoms with Crippen molar-refractivity contribution in [1.82, 2.24) is 10.2 Å². The van der Waals surface area contributed by atoms with Crippen LogP contribution in [0.3, 0.4) is 0 Å². The molecule has 1 N–H and O–H groups in total. The smallest absolute Gasteiger partial charge is 0.264 e. The van der Waals surface area contributed by atoms with E-state index in [2.05, 4.69) is 37.2 Å². The lowest BCUT2D eigenvalue weighted by Gasteiger charge is -2.33. The van der Waals surface area contributed by atoms with E-state index in [-0.39, 0.29) is 23.8 Å². The summed E-state index contributed by atoms with van der Waals surface area (Å²) >= 11 is 6.87. The minimum atomic E-state index is -4.12. The number of carbonyl (C=O) groups is 2. The van der Waals surface area contributed by atoms with E-state index >= 15 is 0 Å². The maximum absolute atomic E-state index is 14.2. The second-order valence-corrected chi connectivity index (χ2v) is 13.0. The zero-order valence-corrected chi connectivity index (χ0v) is 26.3. The minimum absolute atomic E-state index is 0.0568. The summed E-state index contributed by atoms with van der Waals surface area (Å²) in [7, 11) is -2.60. The minimum Gasteiger partial charge on any atom is -0.357 e. The highest BCUT2D eigenvalue weighted by Gasteiger charge is 2.34. The number of benzene rings is 4. The average molecular weight is 699 g/mol. The quantitative estimate of drug-likeness (QED) is 0.215. The molecule has 41 heavy (non-hydrogen) atoms. The predicted octanol–water partition coefficient (Wildman–Crippen LogP) is 5.79. The molecule has 1 unspecified atom stereocenters. The van der Waals surface area contributed by atoms with Crippen molar-refractivity contribution in [3.05, 3.63) is 129 Å². The fourth-order valence-electron chi connectivity index (χ4n) is 4.41. The van der Waals surface area contributed by atoms with E-state index in [0.717, 1.165) is 24.4 Å². The first-order chi connectivity index (χ1) is 19.7. The molecule has 0 aromatic heterocycles. The summed E-state index contributed by atoms with van der Waals surface area (Å²) in [5, 5.41) is 2.69. The van der Waals surface area contributed by atoms with Crippen molar-refractivity contribution in [2.24, 2.45) is 0 Å². The summed E-state index contributed by atoms with van der Waals surface area (Å²) in [6.07, 6.45) is 0.254. The maximum Gasteiger partial charge on any atom is 0.264 e. The van der Waals surface area contributed by atoms with Gasteiger partial charge in [-0.1, -0.05) is 92.5 Å². The Morgan fingerprint density at radius 3 is 2.00 bits per heavy atom. The lowest BCUT2D eigenvalue weighted by atomic mass is 10.0. The van der Waals surface area contributed by atoms with E-state index in [1.54, 1.807) is 42.5 Å². The standard InChI is InChI=1S/C31H29Br2N3O4S/c1-34-31(38)29(20-23-9-4-2-5-10-23)35(21-24-11-8-12-26(33)19-24)30(37)22-36(27-17-15-25(32)16-18-27)41(39,40)28-13-6-3-7-14-28/h2-19,29H,20-22H2,1H3,(H,34,38). The fraction of sp³-hybridized carbons (Fsp3) is 0.161. The highest BCUT2D eigenvalue weighted by Crippen LogP contribution is 2.26. The largest absolute Gasteiger partial charge is 0.357 e. The SMILES string of the molecule is CNC(=O)C(Cc1ccccc1)N(Cc1cccc(Br)c1)C(=O)CN(c1ccc(Br)cc1)S(=O)(=O)c1ccccc1. The molecule has 10 heteroatoms. The van der Waals surface area contributed by atoms with Gasteiger partial charge in [0.25, 0.3) is 10.0 Å². The van der Waals surface area contributed by atoms with Crippen LogP contribution in [0.25, 0.3) is 0 Å². The first-order valence-corrected chi connectivity index (χ1v) is 15.8. The van der Waals surface area contributed by atoms with Crippen LogP contribution in [0.5, 0.6) is 0 Å². The van der Waals surface area contributed by atoms with Crippen molar-refractivity contribution >= 4 is 59.4 Å². The van der Waals surface area contributed by atoms with E-state index < -0.39 is 28.5 Å². The Bertz CT molecular complexity index is 1580. The molecule has 0 aliphatic carbocycles. The topological polar surface area (TPSA) is 86.8 Å². The van der Waals surface area contributed by atoms with E-state index in [1.165, 1.54) is 24.1 Å². The Balaban J connectivity index is 1.78. The van der Waals surface area contributed by atoms with Crippen LogP contribution < -0.4 is 9.62 Å². The van der Waals surface area contributed by atoms with Crippen LogP contribution in [0.1, 0.15) is 11.1 Å². The molecule has 0 aliphatic rings. The summed E-state index contributed by atoms with van der Waals surface area (Å²) in [5.41, 5.74) is 1.98. The number of hydrogen-bond acceptors (Lipinski definition) is 4. The zero-order chi connectivity index (χ0) is 29.4. The molecule has 0 bridgehead atoms. The summed E-state index contributed by atoms with van der Waals surface area (Å²) in [5.74, 6) is -0.866. The molecule has 0 heterocycles. The van der Waals surface area contributed by atoms with Gasteiger partial charge in [0, 0.05) is 29.0 Å². The van der Waals surface area contributed by atoms with Gasteiger partial charge < -0.3 is 10.2 Å². The van der Waals surface area contributed by atoms with Gasteiger partial charge in [0.15, 0.2) is 0 Å². The predicted molar refractivity (Wildman–Crippen MR) is 168 cm³/mol. The second kappa shape index (κ2) is 13.9. The monoisotopic (exact) mass is 697 g/mol. The summed E-state index contributed by atoms with van der Waals surface area (Å²) in [6.45, 7) is -0.405. The third-order valence-electron chi connectivity index (χ3n) is 6.48. The number of hydrogen-bond donors (Lipinski definition) is 1. The van der Waals surface area contributed by atoms with Crippen molar-refractivity contribution < 1.29 is 18.0 Å². The molecule has 2 amide bonds. The van der Waals surface area contributed by atoms with Gasteiger partial charge in [-0.3, -0.25) is 13.9 Å². The molecule has 4 aromatic rings. The molecule has 4 rings (SSSR count). The van der Waals surface area contributed by atoms with Gasteiger partial charge >= 0.3 is 0 Å². The number of rotatable bonds is 11. The van der Waals surface area contributed by atoms with Gasteiger partial charge in [-0.15, -0.1) is 0 Å². The van der Waals surface area contributed by atoms with Crippen LogP contribution in [0.2, 0.25) is 0 Å². The Hall–Kier alpha value is -3.47.